The van der Waals surface area contributed by atoms with E-state index >= 15 is 0 Å². The first-order valence-corrected chi connectivity index (χ1v) is 11.8. The molecule has 0 amide bonds. The van der Waals surface area contributed by atoms with Crippen LogP contribution in [0.3, 0.4) is 0 Å². The molecule has 5 rings (SSSR count). The SMILES string of the molecule is COc1ccc(C)cc1Nc1nc2c(S(=O)(=O)c3ccc(Cl)cc3)nnn2c2ccccc12. The molecule has 0 aliphatic heterocycles. The lowest BCUT2D eigenvalue weighted by molar-refractivity contribution is 0.416. The number of sulfone groups is 1. The number of nitrogens with one attached hydrogen (secondary N) is 1. The number of anilines is 2. The first-order valence-electron chi connectivity index (χ1n) is 9.95. The summed E-state index contributed by atoms with van der Waals surface area (Å²) < 4.78 is 33.6. The fourth-order valence-electron chi connectivity index (χ4n) is 3.59. The van der Waals surface area contributed by atoms with Crippen molar-refractivity contribution in [3.05, 3.63) is 77.3 Å². The van der Waals surface area contributed by atoms with Crippen LogP contribution in [0, 0.1) is 6.92 Å². The van der Waals surface area contributed by atoms with Gasteiger partial charge in [-0.05, 0) is 61.0 Å². The van der Waals surface area contributed by atoms with E-state index in [0.29, 0.717) is 27.8 Å². The standard InChI is InChI=1S/C23H18ClN5O3S/c1-14-7-12-20(32-2)18(13-14)25-21-17-5-3-4-6-19(17)29-22(26-21)23(27-28-29)33(30,31)16-10-8-15(24)9-11-16/h3-13H,1-2H3,(H,25,26). The summed E-state index contributed by atoms with van der Waals surface area (Å²) >= 11 is 5.92. The van der Waals surface area contributed by atoms with Crippen molar-refractivity contribution < 1.29 is 13.2 Å². The van der Waals surface area contributed by atoms with Crippen molar-refractivity contribution in [3.8, 4) is 5.75 Å². The van der Waals surface area contributed by atoms with Crippen molar-refractivity contribution in [1.29, 1.82) is 0 Å². The van der Waals surface area contributed by atoms with Gasteiger partial charge in [0.1, 0.15) is 11.6 Å². The Balaban J connectivity index is 1.74. The molecule has 0 aliphatic rings. The molecule has 5 aromatic rings. The zero-order valence-electron chi connectivity index (χ0n) is 17.7. The van der Waals surface area contributed by atoms with E-state index in [1.54, 1.807) is 7.11 Å². The molecule has 0 spiro atoms. The molecule has 0 atom stereocenters. The number of fused-ring (bicyclic) bond motifs is 3. The zero-order chi connectivity index (χ0) is 23.2. The van der Waals surface area contributed by atoms with E-state index < -0.39 is 9.84 Å². The highest BCUT2D eigenvalue weighted by Gasteiger charge is 2.27. The Morgan fingerprint density at radius 1 is 1.03 bits per heavy atom. The summed E-state index contributed by atoms with van der Waals surface area (Å²) in [6.07, 6.45) is 0. The summed E-state index contributed by atoms with van der Waals surface area (Å²) in [5, 5.41) is 12.3. The number of aryl methyl sites for hydroxylation is 1. The predicted molar refractivity (Wildman–Crippen MR) is 126 cm³/mol. The van der Waals surface area contributed by atoms with E-state index in [0.717, 1.165) is 10.9 Å². The molecule has 0 fully saturated rings. The molecule has 0 bridgehead atoms. The minimum absolute atomic E-state index is 0.0547. The third-order valence-corrected chi connectivity index (χ3v) is 7.13. The van der Waals surface area contributed by atoms with Gasteiger partial charge in [-0.2, -0.15) is 4.52 Å². The van der Waals surface area contributed by atoms with Gasteiger partial charge in [0.25, 0.3) is 0 Å². The number of nitrogens with zero attached hydrogens (tertiary/aromatic N) is 4. The lowest BCUT2D eigenvalue weighted by Gasteiger charge is -2.14. The Hall–Kier alpha value is -3.69. The smallest absolute Gasteiger partial charge is 0.229 e. The maximum atomic E-state index is 13.3. The fraction of sp³-hybridized carbons (Fsp3) is 0.0870. The van der Waals surface area contributed by atoms with Crippen LogP contribution in [-0.2, 0) is 9.84 Å². The molecule has 0 radical (unpaired) electrons. The van der Waals surface area contributed by atoms with E-state index in [1.807, 2.05) is 49.4 Å². The van der Waals surface area contributed by atoms with E-state index in [2.05, 4.69) is 20.6 Å². The molecule has 10 heteroatoms. The van der Waals surface area contributed by atoms with Gasteiger partial charge in [-0.1, -0.05) is 35.0 Å². The molecule has 33 heavy (non-hydrogen) atoms. The van der Waals surface area contributed by atoms with Gasteiger partial charge in [-0.15, -0.1) is 5.10 Å². The van der Waals surface area contributed by atoms with E-state index in [4.69, 9.17) is 16.3 Å². The Morgan fingerprint density at radius 3 is 2.55 bits per heavy atom. The van der Waals surface area contributed by atoms with Crippen LogP contribution >= 0.6 is 11.6 Å². The Labute approximate surface area is 194 Å². The fourth-order valence-corrected chi connectivity index (χ4v) is 4.95. The van der Waals surface area contributed by atoms with Crippen LogP contribution in [-0.4, -0.2) is 35.3 Å². The van der Waals surface area contributed by atoms with Gasteiger partial charge in [0.2, 0.25) is 14.9 Å². The number of hydrogen-bond donors (Lipinski definition) is 1. The number of methoxy groups -OCH3 is 1. The zero-order valence-corrected chi connectivity index (χ0v) is 19.2. The van der Waals surface area contributed by atoms with Crippen molar-refractivity contribution in [1.82, 2.24) is 19.8 Å². The van der Waals surface area contributed by atoms with Crippen LogP contribution in [0.25, 0.3) is 16.6 Å². The maximum absolute atomic E-state index is 13.3. The van der Waals surface area contributed by atoms with Crippen molar-refractivity contribution in [2.45, 2.75) is 16.8 Å². The van der Waals surface area contributed by atoms with E-state index in [1.165, 1.54) is 28.8 Å². The molecule has 3 aromatic carbocycles. The van der Waals surface area contributed by atoms with Crippen LogP contribution in [0.4, 0.5) is 11.5 Å². The summed E-state index contributed by atoms with van der Waals surface area (Å²) in [7, 11) is -2.40. The molecule has 1 N–H and O–H groups in total. The summed E-state index contributed by atoms with van der Waals surface area (Å²) in [5.74, 6) is 1.09. The second kappa shape index (κ2) is 8.02. The summed E-state index contributed by atoms with van der Waals surface area (Å²) in [5.41, 5.74) is 2.49. The average molecular weight is 480 g/mol. The van der Waals surface area contributed by atoms with Gasteiger partial charge in [0, 0.05) is 10.4 Å². The lowest BCUT2D eigenvalue weighted by Crippen LogP contribution is -2.06. The summed E-state index contributed by atoms with van der Waals surface area (Å²) in [6.45, 7) is 1.97. The molecular weight excluding hydrogens is 462 g/mol. The molecule has 166 valence electrons. The highest BCUT2D eigenvalue weighted by molar-refractivity contribution is 7.91. The number of halogens is 1. The molecule has 0 unspecified atom stereocenters. The van der Waals surface area contributed by atoms with Gasteiger partial charge in [-0.3, -0.25) is 0 Å². The molecule has 0 saturated carbocycles. The molecular formula is C23H18ClN5O3S. The monoisotopic (exact) mass is 479 g/mol. The Morgan fingerprint density at radius 2 is 1.79 bits per heavy atom. The first-order chi connectivity index (χ1) is 15.9. The van der Waals surface area contributed by atoms with Crippen LogP contribution in [0.5, 0.6) is 5.75 Å². The maximum Gasteiger partial charge on any atom is 0.229 e. The van der Waals surface area contributed by atoms with Crippen molar-refractivity contribution >= 4 is 49.5 Å². The van der Waals surface area contributed by atoms with Crippen LogP contribution in [0.1, 0.15) is 5.56 Å². The number of hydrogen-bond acceptors (Lipinski definition) is 7. The van der Waals surface area contributed by atoms with Crippen LogP contribution in [0.15, 0.2) is 76.7 Å². The predicted octanol–water partition coefficient (Wildman–Crippen LogP) is 4.82. The minimum Gasteiger partial charge on any atom is -0.495 e. The third kappa shape index (κ3) is 3.65. The van der Waals surface area contributed by atoms with Crippen LogP contribution < -0.4 is 10.1 Å². The van der Waals surface area contributed by atoms with Crippen molar-refractivity contribution in [2.24, 2.45) is 0 Å². The van der Waals surface area contributed by atoms with Gasteiger partial charge in [0.15, 0.2) is 5.65 Å². The minimum atomic E-state index is -3.98. The Bertz CT molecular complexity index is 1620. The molecule has 2 heterocycles. The molecule has 0 aliphatic carbocycles. The molecule has 2 aromatic heterocycles. The number of para-hydroxylation sites is 1. The largest absolute Gasteiger partial charge is 0.495 e. The Kier molecular flexibility index (Phi) is 5.15. The van der Waals surface area contributed by atoms with Gasteiger partial charge in [-0.25, -0.2) is 13.4 Å². The molecule has 8 nitrogen and oxygen atoms in total. The lowest BCUT2D eigenvalue weighted by atomic mass is 10.2. The summed E-state index contributed by atoms with van der Waals surface area (Å²) in [6, 6.07) is 19.0. The highest BCUT2D eigenvalue weighted by Crippen LogP contribution is 2.33. The second-order valence-electron chi connectivity index (χ2n) is 7.39. The van der Waals surface area contributed by atoms with Crippen molar-refractivity contribution in [2.75, 3.05) is 12.4 Å². The number of benzene rings is 3. The number of rotatable bonds is 5. The van der Waals surface area contributed by atoms with Gasteiger partial charge < -0.3 is 10.1 Å². The summed E-state index contributed by atoms with van der Waals surface area (Å²) in [4.78, 5) is 4.69. The van der Waals surface area contributed by atoms with E-state index in [9.17, 15) is 8.42 Å². The number of ether oxygens (including phenoxy) is 1. The van der Waals surface area contributed by atoms with Gasteiger partial charge >= 0.3 is 0 Å². The number of aromatic nitrogens is 4. The highest BCUT2D eigenvalue weighted by atomic mass is 35.5. The first kappa shape index (κ1) is 21.2. The van der Waals surface area contributed by atoms with Crippen LogP contribution in [0.2, 0.25) is 5.02 Å². The van der Waals surface area contributed by atoms with Gasteiger partial charge in [0.05, 0.1) is 23.2 Å². The molecule has 0 saturated heterocycles. The normalized spacial score (nSPS) is 11.7. The third-order valence-electron chi connectivity index (χ3n) is 5.21. The second-order valence-corrected chi connectivity index (χ2v) is 9.70. The van der Waals surface area contributed by atoms with Crippen molar-refractivity contribution in [3.63, 3.8) is 0 Å². The quantitative estimate of drug-likeness (QED) is 0.385. The topological polar surface area (TPSA) is 98.5 Å². The average Bonchev–Trinajstić information content (AvgIpc) is 3.25. The van der Waals surface area contributed by atoms with E-state index in [-0.39, 0.29) is 15.6 Å².